The highest BCUT2D eigenvalue weighted by Gasteiger charge is 2.43. The second-order valence-corrected chi connectivity index (χ2v) is 8.41. The zero-order valence-corrected chi connectivity index (χ0v) is 15.5. The van der Waals surface area contributed by atoms with E-state index in [1.54, 1.807) is 0 Å². The van der Waals surface area contributed by atoms with Gasteiger partial charge in [-0.2, -0.15) is 0 Å². The molecule has 3 aliphatic rings. The number of hydrogen-bond acceptors (Lipinski definition) is 5. The van der Waals surface area contributed by atoms with Crippen molar-refractivity contribution in [3.63, 3.8) is 0 Å². The third kappa shape index (κ3) is 4.56. The van der Waals surface area contributed by atoms with E-state index in [0.717, 1.165) is 45.1 Å². The second kappa shape index (κ2) is 8.67. The van der Waals surface area contributed by atoms with Gasteiger partial charge in [0.15, 0.2) is 0 Å². The summed E-state index contributed by atoms with van der Waals surface area (Å²) in [5.41, 5.74) is -0.706. The van der Waals surface area contributed by atoms with Gasteiger partial charge in [0.2, 0.25) is 11.8 Å². The second-order valence-electron chi connectivity index (χ2n) is 8.41. The average Bonchev–Trinajstić information content (AvgIpc) is 3.34. The van der Waals surface area contributed by atoms with Crippen molar-refractivity contribution < 1.29 is 19.8 Å². The molecule has 1 heterocycles. The fourth-order valence-electron chi connectivity index (χ4n) is 4.71. The first kappa shape index (κ1) is 19.6. The normalized spacial score (nSPS) is 37.0. The van der Waals surface area contributed by atoms with Crippen LogP contribution in [0.25, 0.3) is 0 Å². The molecular weight excluding hydrogens is 334 g/mol. The number of amides is 2. The van der Waals surface area contributed by atoms with E-state index in [1.807, 2.05) is 0 Å². The molecule has 0 spiro atoms. The molecule has 2 saturated carbocycles. The molecule has 0 bridgehead atoms. The third-order valence-corrected chi connectivity index (χ3v) is 6.55. The first-order chi connectivity index (χ1) is 12.5. The van der Waals surface area contributed by atoms with Gasteiger partial charge >= 0.3 is 0 Å². The van der Waals surface area contributed by atoms with E-state index in [9.17, 15) is 19.8 Å². The lowest BCUT2D eigenvalue weighted by Gasteiger charge is -2.28. The van der Waals surface area contributed by atoms with Gasteiger partial charge in [0.05, 0.1) is 17.6 Å². The van der Waals surface area contributed by atoms with Crippen molar-refractivity contribution in [2.75, 3.05) is 26.2 Å². The van der Waals surface area contributed by atoms with Crippen LogP contribution < -0.4 is 16.0 Å². The van der Waals surface area contributed by atoms with Crippen LogP contribution in [0.15, 0.2) is 0 Å². The summed E-state index contributed by atoms with van der Waals surface area (Å²) in [6, 6.07) is 0. The SMILES string of the molecule is O=C(CC1(C(=O)NCC2CCCC2O)CCNC1)NCC1CCCC1O. The molecule has 2 amide bonds. The lowest BCUT2D eigenvalue weighted by atomic mass is 9.82. The summed E-state index contributed by atoms with van der Waals surface area (Å²) in [4.78, 5) is 25.3. The molecule has 7 nitrogen and oxygen atoms in total. The first-order valence-corrected chi connectivity index (χ1v) is 10.1. The Balaban J connectivity index is 1.49. The number of carbonyl (C=O) groups is 2. The Morgan fingerprint density at radius 1 is 0.962 bits per heavy atom. The number of hydrogen-bond donors (Lipinski definition) is 5. The van der Waals surface area contributed by atoms with Crippen molar-refractivity contribution in [3.8, 4) is 0 Å². The van der Waals surface area contributed by atoms with Gasteiger partial charge < -0.3 is 26.2 Å². The maximum Gasteiger partial charge on any atom is 0.228 e. The van der Waals surface area contributed by atoms with Crippen LogP contribution in [0.1, 0.15) is 51.4 Å². The van der Waals surface area contributed by atoms with Gasteiger partial charge in [-0.1, -0.05) is 12.8 Å². The smallest absolute Gasteiger partial charge is 0.228 e. The predicted octanol–water partition coefficient (Wildman–Crippen LogP) is -0.0894. The Kier molecular flexibility index (Phi) is 6.53. The number of aliphatic hydroxyl groups excluding tert-OH is 2. The zero-order valence-electron chi connectivity index (χ0n) is 15.5. The Morgan fingerprint density at radius 3 is 2.08 bits per heavy atom. The van der Waals surface area contributed by atoms with Gasteiger partial charge in [-0.15, -0.1) is 0 Å². The molecule has 3 fully saturated rings. The van der Waals surface area contributed by atoms with E-state index in [0.29, 0.717) is 26.1 Å². The number of nitrogens with one attached hydrogen (secondary N) is 3. The van der Waals surface area contributed by atoms with Gasteiger partial charge in [0.1, 0.15) is 0 Å². The molecule has 2 aliphatic carbocycles. The standard InChI is InChI=1S/C19H33N3O4/c23-15-5-1-3-13(15)10-21-17(25)9-19(7-8-20-12-19)18(26)22-11-14-4-2-6-16(14)24/h13-16,20,23-24H,1-12H2,(H,21,25)(H,22,26). The van der Waals surface area contributed by atoms with E-state index in [2.05, 4.69) is 16.0 Å². The van der Waals surface area contributed by atoms with E-state index in [-0.39, 0.29) is 42.3 Å². The van der Waals surface area contributed by atoms with Crippen molar-refractivity contribution in [1.29, 1.82) is 0 Å². The molecule has 3 rings (SSSR count). The molecule has 0 aromatic heterocycles. The van der Waals surface area contributed by atoms with Gasteiger partial charge in [0, 0.05) is 37.9 Å². The Labute approximate surface area is 155 Å². The largest absolute Gasteiger partial charge is 0.393 e. The third-order valence-electron chi connectivity index (χ3n) is 6.55. The minimum Gasteiger partial charge on any atom is -0.393 e. The van der Waals surface area contributed by atoms with E-state index >= 15 is 0 Å². The van der Waals surface area contributed by atoms with Gasteiger partial charge in [0.25, 0.3) is 0 Å². The molecule has 7 heteroatoms. The van der Waals surface area contributed by atoms with Crippen LogP contribution >= 0.6 is 0 Å². The topological polar surface area (TPSA) is 111 Å². The minimum absolute atomic E-state index is 0.0855. The van der Waals surface area contributed by atoms with Gasteiger partial charge in [-0.3, -0.25) is 9.59 Å². The van der Waals surface area contributed by atoms with Crippen LogP contribution in [0.4, 0.5) is 0 Å². The zero-order chi connectivity index (χ0) is 18.6. The summed E-state index contributed by atoms with van der Waals surface area (Å²) < 4.78 is 0. The highest BCUT2D eigenvalue weighted by atomic mass is 16.3. The molecule has 1 aliphatic heterocycles. The van der Waals surface area contributed by atoms with Crippen LogP contribution in [-0.4, -0.2) is 60.4 Å². The van der Waals surface area contributed by atoms with Crippen LogP contribution in [0, 0.1) is 17.3 Å². The number of rotatable bonds is 7. The number of aliphatic hydroxyl groups is 2. The lowest BCUT2D eigenvalue weighted by Crippen LogP contribution is -2.47. The molecule has 0 aromatic carbocycles. The van der Waals surface area contributed by atoms with E-state index < -0.39 is 5.41 Å². The molecular formula is C19H33N3O4. The fraction of sp³-hybridized carbons (Fsp3) is 0.895. The molecule has 26 heavy (non-hydrogen) atoms. The van der Waals surface area contributed by atoms with Crippen molar-refractivity contribution in [2.24, 2.45) is 17.3 Å². The van der Waals surface area contributed by atoms with Crippen LogP contribution in [0.3, 0.4) is 0 Å². The average molecular weight is 367 g/mol. The molecule has 0 aromatic rings. The summed E-state index contributed by atoms with van der Waals surface area (Å²) in [7, 11) is 0. The van der Waals surface area contributed by atoms with Crippen molar-refractivity contribution >= 4 is 11.8 Å². The summed E-state index contributed by atoms with van der Waals surface area (Å²) in [6.07, 6.45) is 5.68. The molecule has 5 N–H and O–H groups in total. The predicted molar refractivity (Wildman–Crippen MR) is 97.3 cm³/mol. The Hall–Kier alpha value is -1.18. The van der Waals surface area contributed by atoms with Crippen LogP contribution in [0.2, 0.25) is 0 Å². The Morgan fingerprint density at radius 2 is 1.58 bits per heavy atom. The molecule has 5 atom stereocenters. The van der Waals surface area contributed by atoms with Crippen molar-refractivity contribution in [2.45, 2.75) is 63.6 Å². The summed E-state index contributed by atoms with van der Waals surface area (Å²) >= 11 is 0. The monoisotopic (exact) mass is 367 g/mol. The van der Waals surface area contributed by atoms with E-state index in [4.69, 9.17) is 0 Å². The number of carbonyl (C=O) groups excluding carboxylic acids is 2. The Bertz CT molecular complexity index is 507. The maximum atomic E-state index is 12.8. The molecule has 5 unspecified atom stereocenters. The summed E-state index contributed by atoms with van der Waals surface area (Å²) in [6.45, 7) is 2.21. The van der Waals surface area contributed by atoms with Gasteiger partial charge in [-0.25, -0.2) is 0 Å². The summed E-state index contributed by atoms with van der Waals surface area (Å²) in [5, 5.41) is 28.9. The van der Waals surface area contributed by atoms with Crippen LogP contribution in [0.5, 0.6) is 0 Å². The molecule has 0 radical (unpaired) electrons. The highest BCUT2D eigenvalue weighted by Crippen LogP contribution is 2.31. The maximum absolute atomic E-state index is 12.8. The minimum atomic E-state index is -0.706. The quantitative estimate of drug-likeness (QED) is 0.432. The van der Waals surface area contributed by atoms with Crippen molar-refractivity contribution in [3.05, 3.63) is 0 Å². The van der Waals surface area contributed by atoms with Crippen LogP contribution in [-0.2, 0) is 9.59 Å². The lowest BCUT2D eigenvalue weighted by molar-refractivity contribution is -0.136. The molecule has 1 saturated heterocycles. The summed E-state index contributed by atoms with van der Waals surface area (Å²) in [5.74, 6) is 0.0545. The van der Waals surface area contributed by atoms with Crippen molar-refractivity contribution in [1.82, 2.24) is 16.0 Å². The first-order valence-electron chi connectivity index (χ1n) is 10.1. The highest BCUT2D eigenvalue weighted by molar-refractivity contribution is 5.89. The van der Waals surface area contributed by atoms with E-state index in [1.165, 1.54) is 0 Å². The van der Waals surface area contributed by atoms with Gasteiger partial charge in [-0.05, 0) is 38.6 Å². The fourth-order valence-corrected chi connectivity index (χ4v) is 4.71. The molecule has 148 valence electrons.